The number of hydrogen-bond donors (Lipinski definition) is 2. The Balaban J connectivity index is 1.54. The van der Waals surface area contributed by atoms with Crippen LogP contribution >= 0.6 is 11.8 Å². The molecule has 2 aromatic carbocycles. The fraction of sp³-hybridized carbons (Fsp3) is 0.176. The second-order valence-corrected chi connectivity index (χ2v) is 6.11. The molecule has 2 amide bonds. The number of carbonyl (C=O) groups excluding carboxylic acids is 2. The van der Waals surface area contributed by atoms with Gasteiger partial charge < -0.3 is 10.6 Å². The van der Waals surface area contributed by atoms with Crippen molar-refractivity contribution in [2.45, 2.75) is 5.37 Å². The first-order chi connectivity index (χ1) is 11.2. The van der Waals surface area contributed by atoms with Crippen LogP contribution in [-0.4, -0.2) is 34.5 Å². The molecule has 2 aromatic rings. The number of amides is 2. The molecule has 1 saturated heterocycles. The van der Waals surface area contributed by atoms with E-state index in [0.717, 1.165) is 23.1 Å². The molecule has 5 nitrogen and oxygen atoms in total. The van der Waals surface area contributed by atoms with Crippen LogP contribution in [-0.2, 0) is 4.79 Å². The molecular formula is C17H17N3O2S. The summed E-state index contributed by atoms with van der Waals surface area (Å²) in [6, 6.07) is 19.1. The van der Waals surface area contributed by atoms with Crippen LogP contribution in [0.3, 0.4) is 0 Å². The molecule has 1 aliphatic heterocycles. The van der Waals surface area contributed by atoms with Crippen LogP contribution in [0.2, 0.25) is 0 Å². The molecule has 0 spiro atoms. The summed E-state index contributed by atoms with van der Waals surface area (Å²) in [7, 11) is 0. The minimum Gasteiger partial charge on any atom is -0.383 e. The van der Waals surface area contributed by atoms with Gasteiger partial charge in [-0.2, -0.15) is 0 Å². The molecule has 6 heteroatoms. The SMILES string of the molecule is O=C1S[C@@H](Nc2ccccc2)C(=O)N1CCNc1ccccc1. The molecular weight excluding hydrogens is 310 g/mol. The van der Waals surface area contributed by atoms with Crippen LogP contribution in [0.4, 0.5) is 16.2 Å². The Kier molecular flexibility index (Phi) is 4.83. The standard InChI is InChI=1S/C17H17N3O2S/c21-16-15(19-14-9-5-2-6-10-14)23-17(22)20(16)12-11-18-13-7-3-1-4-8-13/h1-10,15,18-19H,11-12H2/t15-/m1/s1. The fourth-order valence-corrected chi connectivity index (χ4v) is 3.23. The Morgan fingerprint density at radius 3 is 2.17 bits per heavy atom. The van der Waals surface area contributed by atoms with E-state index in [9.17, 15) is 9.59 Å². The van der Waals surface area contributed by atoms with Gasteiger partial charge in [0.25, 0.3) is 11.1 Å². The van der Waals surface area contributed by atoms with E-state index in [4.69, 9.17) is 0 Å². The minimum atomic E-state index is -0.554. The van der Waals surface area contributed by atoms with Gasteiger partial charge in [-0.3, -0.25) is 14.5 Å². The quantitative estimate of drug-likeness (QED) is 0.853. The lowest BCUT2D eigenvalue weighted by Gasteiger charge is -2.15. The highest BCUT2D eigenvalue weighted by molar-refractivity contribution is 8.15. The maximum absolute atomic E-state index is 12.4. The molecule has 1 heterocycles. The highest BCUT2D eigenvalue weighted by Crippen LogP contribution is 2.27. The zero-order chi connectivity index (χ0) is 16.1. The number of imide groups is 1. The van der Waals surface area contributed by atoms with Crippen molar-refractivity contribution >= 4 is 34.3 Å². The molecule has 1 atom stereocenters. The topological polar surface area (TPSA) is 61.4 Å². The second kappa shape index (κ2) is 7.19. The van der Waals surface area contributed by atoms with Gasteiger partial charge in [-0.1, -0.05) is 36.4 Å². The van der Waals surface area contributed by atoms with Gasteiger partial charge in [0.05, 0.1) is 0 Å². The van der Waals surface area contributed by atoms with E-state index >= 15 is 0 Å². The number of anilines is 2. The maximum atomic E-state index is 12.4. The van der Waals surface area contributed by atoms with Crippen molar-refractivity contribution in [1.29, 1.82) is 0 Å². The molecule has 3 rings (SSSR count). The third-order valence-electron chi connectivity index (χ3n) is 3.44. The van der Waals surface area contributed by atoms with Crippen LogP contribution in [0.5, 0.6) is 0 Å². The van der Waals surface area contributed by atoms with E-state index < -0.39 is 5.37 Å². The third-order valence-corrected chi connectivity index (χ3v) is 4.42. The van der Waals surface area contributed by atoms with Gasteiger partial charge in [-0.05, 0) is 36.0 Å². The summed E-state index contributed by atoms with van der Waals surface area (Å²) in [5, 5.41) is 5.53. The minimum absolute atomic E-state index is 0.196. The zero-order valence-electron chi connectivity index (χ0n) is 12.4. The van der Waals surface area contributed by atoms with Gasteiger partial charge in [0.2, 0.25) is 0 Å². The molecule has 0 saturated carbocycles. The number of nitrogens with one attached hydrogen (secondary N) is 2. The van der Waals surface area contributed by atoms with Gasteiger partial charge in [0.1, 0.15) is 0 Å². The molecule has 118 valence electrons. The number of carbonyl (C=O) groups is 2. The summed E-state index contributed by atoms with van der Waals surface area (Å²) < 4.78 is 0. The molecule has 1 fully saturated rings. The summed E-state index contributed by atoms with van der Waals surface area (Å²) in [6.07, 6.45) is 0. The molecule has 23 heavy (non-hydrogen) atoms. The molecule has 0 aliphatic carbocycles. The lowest BCUT2D eigenvalue weighted by atomic mass is 10.3. The first kappa shape index (κ1) is 15.4. The highest BCUT2D eigenvalue weighted by Gasteiger charge is 2.39. The molecule has 0 aromatic heterocycles. The summed E-state index contributed by atoms with van der Waals surface area (Å²) >= 11 is 1.02. The Morgan fingerprint density at radius 1 is 0.913 bits per heavy atom. The number of benzene rings is 2. The van der Waals surface area contributed by atoms with Gasteiger partial charge in [-0.15, -0.1) is 0 Å². The van der Waals surface area contributed by atoms with Gasteiger partial charge in [-0.25, -0.2) is 0 Å². The van der Waals surface area contributed by atoms with E-state index in [2.05, 4.69) is 10.6 Å². The van der Waals surface area contributed by atoms with Gasteiger partial charge in [0, 0.05) is 24.5 Å². The normalized spacial score (nSPS) is 17.4. The lowest BCUT2D eigenvalue weighted by molar-refractivity contribution is -0.126. The van der Waals surface area contributed by atoms with Crippen LogP contribution in [0.1, 0.15) is 0 Å². The van der Waals surface area contributed by atoms with Crippen LogP contribution in [0, 0.1) is 0 Å². The fourth-order valence-electron chi connectivity index (χ4n) is 2.29. The van der Waals surface area contributed by atoms with E-state index in [1.54, 1.807) is 0 Å². The summed E-state index contributed by atoms with van der Waals surface area (Å²) in [5.41, 5.74) is 1.80. The van der Waals surface area contributed by atoms with Crippen molar-refractivity contribution in [3.63, 3.8) is 0 Å². The third kappa shape index (κ3) is 3.84. The molecule has 2 N–H and O–H groups in total. The number of para-hydroxylation sites is 2. The Bertz CT molecular complexity index is 679. The predicted molar refractivity (Wildman–Crippen MR) is 93.5 cm³/mol. The van der Waals surface area contributed by atoms with E-state index in [-0.39, 0.29) is 11.1 Å². The number of rotatable bonds is 6. The zero-order valence-corrected chi connectivity index (χ0v) is 13.3. The second-order valence-electron chi connectivity index (χ2n) is 5.06. The maximum Gasteiger partial charge on any atom is 0.290 e. The van der Waals surface area contributed by atoms with Gasteiger partial charge >= 0.3 is 0 Å². The van der Waals surface area contributed by atoms with E-state index in [0.29, 0.717) is 13.1 Å². The summed E-state index contributed by atoms with van der Waals surface area (Å²) in [5.74, 6) is -0.196. The van der Waals surface area contributed by atoms with Gasteiger partial charge in [0.15, 0.2) is 5.37 Å². The highest BCUT2D eigenvalue weighted by atomic mass is 32.2. The number of thioether (sulfide) groups is 1. The lowest BCUT2D eigenvalue weighted by Crippen LogP contribution is -2.37. The molecule has 0 unspecified atom stereocenters. The van der Waals surface area contributed by atoms with Crippen molar-refractivity contribution in [1.82, 2.24) is 4.90 Å². The average molecular weight is 327 g/mol. The Morgan fingerprint density at radius 2 is 1.52 bits per heavy atom. The van der Waals surface area contributed by atoms with Crippen LogP contribution < -0.4 is 10.6 Å². The molecule has 0 bridgehead atoms. The monoisotopic (exact) mass is 327 g/mol. The van der Waals surface area contributed by atoms with Crippen molar-refractivity contribution in [2.24, 2.45) is 0 Å². The smallest absolute Gasteiger partial charge is 0.290 e. The molecule has 0 radical (unpaired) electrons. The van der Waals surface area contributed by atoms with Crippen molar-refractivity contribution < 1.29 is 9.59 Å². The van der Waals surface area contributed by atoms with Crippen molar-refractivity contribution in [3.8, 4) is 0 Å². The van der Waals surface area contributed by atoms with Crippen LogP contribution in [0.15, 0.2) is 60.7 Å². The average Bonchev–Trinajstić information content (AvgIpc) is 2.84. The summed E-state index contributed by atoms with van der Waals surface area (Å²) in [4.78, 5) is 25.7. The van der Waals surface area contributed by atoms with Crippen molar-refractivity contribution in [2.75, 3.05) is 23.7 Å². The van der Waals surface area contributed by atoms with E-state index in [1.165, 1.54) is 4.90 Å². The Labute approximate surface area is 139 Å². The first-order valence-corrected chi connectivity index (χ1v) is 8.24. The Hall–Kier alpha value is -2.47. The van der Waals surface area contributed by atoms with Crippen molar-refractivity contribution in [3.05, 3.63) is 60.7 Å². The number of hydrogen-bond acceptors (Lipinski definition) is 5. The predicted octanol–water partition coefficient (Wildman–Crippen LogP) is 3.23. The van der Waals surface area contributed by atoms with E-state index in [1.807, 2.05) is 60.7 Å². The van der Waals surface area contributed by atoms with Crippen LogP contribution in [0.25, 0.3) is 0 Å². The largest absolute Gasteiger partial charge is 0.383 e. The first-order valence-electron chi connectivity index (χ1n) is 7.36. The number of nitrogens with zero attached hydrogens (tertiary/aromatic N) is 1. The molecule has 1 aliphatic rings. The summed E-state index contributed by atoms with van der Waals surface area (Å²) in [6.45, 7) is 0.882.